The molecular weight excluding hydrogens is 468 g/mol. The maximum Gasteiger partial charge on any atom is 0.126 e. The molecule has 2 atom stereocenters. The van der Waals surface area contributed by atoms with Gasteiger partial charge < -0.3 is 29.9 Å². The first-order valence-corrected chi connectivity index (χ1v) is 12.2. The van der Waals surface area contributed by atoms with Gasteiger partial charge in [0.2, 0.25) is 0 Å². The third-order valence-corrected chi connectivity index (χ3v) is 6.43. The smallest absolute Gasteiger partial charge is 0.126 e. The lowest BCUT2D eigenvalue weighted by atomic mass is 9.91. The molecule has 0 aliphatic carbocycles. The number of benzene rings is 4. The van der Waals surface area contributed by atoms with Crippen LogP contribution in [0.15, 0.2) is 84.9 Å². The van der Waals surface area contributed by atoms with Crippen LogP contribution in [0.25, 0.3) is 22.3 Å². The normalized spacial score (nSPS) is 12.6. The topological polar surface area (TPSA) is 99.4 Å². The molecule has 6 heteroatoms. The fourth-order valence-corrected chi connectivity index (χ4v) is 4.73. The summed E-state index contributed by atoms with van der Waals surface area (Å²) in [6.45, 7) is 0. The molecule has 192 valence electrons. The highest BCUT2D eigenvalue weighted by Gasteiger charge is 2.20. The molecule has 0 aromatic heterocycles. The molecule has 0 saturated carbocycles. The minimum Gasteiger partial charge on any atom is -0.508 e. The molecule has 4 N–H and O–H groups in total. The first-order chi connectivity index (χ1) is 17.9. The number of phenols is 2. The number of aliphatic hydroxyl groups excluding tert-OH is 2. The molecule has 0 fully saturated rings. The summed E-state index contributed by atoms with van der Waals surface area (Å²) in [6, 6.07) is 25.1. The monoisotopic (exact) mass is 500 g/mol. The summed E-state index contributed by atoms with van der Waals surface area (Å²) in [7, 11) is 3.20. The molecule has 0 heterocycles. The highest BCUT2D eigenvalue weighted by molar-refractivity contribution is 5.75. The summed E-state index contributed by atoms with van der Waals surface area (Å²) < 4.78 is 11.2. The van der Waals surface area contributed by atoms with E-state index < -0.39 is 12.2 Å². The molecule has 0 amide bonds. The van der Waals surface area contributed by atoms with Crippen molar-refractivity contribution in [2.75, 3.05) is 14.2 Å². The summed E-state index contributed by atoms with van der Waals surface area (Å²) in [6.07, 6.45) is -0.749. The number of phenolic OH excluding ortho intramolecular Hbond substituents is 2. The molecule has 37 heavy (non-hydrogen) atoms. The van der Waals surface area contributed by atoms with Gasteiger partial charge in [0.15, 0.2) is 0 Å². The van der Waals surface area contributed by atoms with E-state index in [4.69, 9.17) is 9.47 Å². The van der Waals surface area contributed by atoms with Crippen molar-refractivity contribution in [2.45, 2.75) is 31.5 Å². The second-order valence-corrected chi connectivity index (χ2v) is 9.03. The molecular formula is C31H32O6. The van der Waals surface area contributed by atoms with Gasteiger partial charge in [0, 0.05) is 11.1 Å². The van der Waals surface area contributed by atoms with Crippen molar-refractivity contribution in [1.29, 1.82) is 0 Å². The molecule has 4 rings (SSSR count). The van der Waals surface area contributed by atoms with Crippen molar-refractivity contribution in [3.63, 3.8) is 0 Å². The van der Waals surface area contributed by atoms with Gasteiger partial charge in [-0.1, -0.05) is 48.5 Å². The zero-order valence-electron chi connectivity index (χ0n) is 21.0. The van der Waals surface area contributed by atoms with E-state index in [-0.39, 0.29) is 17.9 Å². The third-order valence-electron chi connectivity index (χ3n) is 6.43. The summed E-state index contributed by atoms with van der Waals surface area (Å²) in [5, 5.41) is 41.3. The standard InChI is InChI=1S/C31H32O6/c1-36-28-7-3-5-22(30(28)20-9-13-24(32)14-10-20)17-26(34)19-27(35)18-23-6-4-8-29(37-2)31(23)21-11-15-25(33)16-12-21/h3-16,26-27,32-35H,17-19H2,1-2H3. The van der Waals surface area contributed by atoms with E-state index in [1.165, 1.54) is 0 Å². The van der Waals surface area contributed by atoms with Crippen LogP contribution in [-0.4, -0.2) is 46.9 Å². The zero-order valence-corrected chi connectivity index (χ0v) is 21.0. The van der Waals surface area contributed by atoms with E-state index in [0.29, 0.717) is 24.3 Å². The number of aliphatic hydroxyl groups is 2. The van der Waals surface area contributed by atoms with Gasteiger partial charge in [0.25, 0.3) is 0 Å². The molecule has 0 aliphatic rings. The number of methoxy groups -OCH3 is 2. The number of aromatic hydroxyl groups is 2. The molecule has 2 unspecified atom stereocenters. The second-order valence-electron chi connectivity index (χ2n) is 9.03. The number of rotatable bonds is 10. The first kappa shape index (κ1) is 26.1. The minimum atomic E-state index is -0.791. The van der Waals surface area contributed by atoms with Crippen molar-refractivity contribution in [3.8, 4) is 45.3 Å². The van der Waals surface area contributed by atoms with Crippen molar-refractivity contribution in [3.05, 3.63) is 96.1 Å². The van der Waals surface area contributed by atoms with Crippen molar-refractivity contribution in [2.24, 2.45) is 0 Å². The van der Waals surface area contributed by atoms with Gasteiger partial charge in [0.05, 0.1) is 26.4 Å². The van der Waals surface area contributed by atoms with Crippen LogP contribution in [-0.2, 0) is 12.8 Å². The van der Waals surface area contributed by atoms with Gasteiger partial charge in [-0.2, -0.15) is 0 Å². The Kier molecular flexibility index (Phi) is 8.33. The van der Waals surface area contributed by atoms with Crippen LogP contribution in [0.3, 0.4) is 0 Å². The Morgan fingerprint density at radius 1 is 0.568 bits per heavy atom. The third kappa shape index (κ3) is 6.23. The van der Waals surface area contributed by atoms with E-state index >= 15 is 0 Å². The molecule has 0 saturated heterocycles. The Bertz CT molecular complexity index is 1210. The molecule has 0 bridgehead atoms. The summed E-state index contributed by atoms with van der Waals surface area (Å²) >= 11 is 0. The number of hydrogen-bond donors (Lipinski definition) is 4. The number of hydrogen-bond acceptors (Lipinski definition) is 6. The van der Waals surface area contributed by atoms with Gasteiger partial charge in [-0.05, 0) is 77.9 Å². The fourth-order valence-electron chi connectivity index (χ4n) is 4.73. The lowest BCUT2D eigenvalue weighted by molar-refractivity contribution is 0.0811. The predicted molar refractivity (Wildman–Crippen MR) is 144 cm³/mol. The van der Waals surface area contributed by atoms with Crippen molar-refractivity contribution in [1.82, 2.24) is 0 Å². The van der Waals surface area contributed by atoms with Gasteiger partial charge in [-0.25, -0.2) is 0 Å². The van der Waals surface area contributed by atoms with Crippen LogP contribution >= 0.6 is 0 Å². The number of ether oxygens (including phenoxy) is 2. The fraction of sp³-hybridized carbons (Fsp3) is 0.226. The highest BCUT2D eigenvalue weighted by atomic mass is 16.5. The average molecular weight is 501 g/mol. The second kappa shape index (κ2) is 11.8. The van der Waals surface area contributed by atoms with E-state index in [0.717, 1.165) is 33.4 Å². The summed E-state index contributed by atoms with van der Waals surface area (Å²) in [5.41, 5.74) is 5.20. The zero-order chi connectivity index (χ0) is 26.4. The van der Waals surface area contributed by atoms with E-state index in [2.05, 4.69) is 0 Å². The van der Waals surface area contributed by atoms with Crippen LogP contribution < -0.4 is 9.47 Å². The van der Waals surface area contributed by atoms with E-state index in [9.17, 15) is 20.4 Å². The van der Waals surface area contributed by atoms with Gasteiger partial charge >= 0.3 is 0 Å². The maximum atomic E-state index is 11.0. The minimum absolute atomic E-state index is 0.174. The Morgan fingerprint density at radius 3 is 1.30 bits per heavy atom. The highest BCUT2D eigenvalue weighted by Crippen LogP contribution is 2.37. The Morgan fingerprint density at radius 2 is 0.946 bits per heavy atom. The summed E-state index contributed by atoms with van der Waals surface area (Å²) in [4.78, 5) is 0. The van der Waals surface area contributed by atoms with E-state index in [1.807, 2.05) is 60.7 Å². The van der Waals surface area contributed by atoms with E-state index in [1.54, 1.807) is 38.5 Å². The van der Waals surface area contributed by atoms with Gasteiger partial charge in [-0.15, -0.1) is 0 Å². The predicted octanol–water partition coefficient (Wildman–Crippen LogP) is 5.35. The lowest BCUT2D eigenvalue weighted by Crippen LogP contribution is -2.22. The first-order valence-electron chi connectivity index (χ1n) is 12.2. The van der Waals surface area contributed by atoms with Crippen molar-refractivity contribution < 1.29 is 29.9 Å². The van der Waals surface area contributed by atoms with Crippen LogP contribution in [0.1, 0.15) is 17.5 Å². The summed E-state index contributed by atoms with van der Waals surface area (Å²) in [5.74, 6) is 1.69. The molecule has 4 aromatic rings. The van der Waals surface area contributed by atoms with Gasteiger partial charge in [0.1, 0.15) is 23.0 Å². The average Bonchev–Trinajstić information content (AvgIpc) is 2.89. The lowest BCUT2D eigenvalue weighted by Gasteiger charge is -2.21. The molecule has 4 aromatic carbocycles. The maximum absolute atomic E-state index is 11.0. The largest absolute Gasteiger partial charge is 0.508 e. The van der Waals surface area contributed by atoms with Gasteiger partial charge in [-0.3, -0.25) is 0 Å². The Balaban J connectivity index is 1.53. The molecule has 0 aliphatic heterocycles. The van der Waals surface area contributed by atoms with Crippen LogP contribution in [0.5, 0.6) is 23.0 Å². The molecule has 0 spiro atoms. The van der Waals surface area contributed by atoms with Crippen LogP contribution in [0, 0.1) is 0 Å². The Hall–Kier alpha value is -4.00. The Labute approximate surface area is 217 Å². The molecule has 6 nitrogen and oxygen atoms in total. The van der Waals surface area contributed by atoms with Crippen LogP contribution in [0.4, 0.5) is 0 Å². The quantitative estimate of drug-likeness (QED) is 0.234. The molecule has 0 radical (unpaired) electrons. The van der Waals surface area contributed by atoms with Crippen LogP contribution in [0.2, 0.25) is 0 Å². The SMILES string of the molecule is COc1cccc(CC(O)CC(O)Cc2cccc(OC)c2-c2ccc(O)cc2)c1-c1ccc(O)cc1. The van der Waals surface area contributed by atoms with Crippen molar-refractivity contribution >= 4 is 0 Å².